The fourth-order valence-corrected chi connectivity index (χ4v) is 2.37. The Morgan fingerprint density at radius 3 is 2.89 bits per heavy atom. The zero-order valence-electron chi connectivity index (χ0n) is 10.5. The van der Waals surface area contributed by atoms with Crippen LogP contribution in [-0.4, -0.2) is 35.4 Å². The highest BCUT2D eigenvalue weighted by molar-refractivity contribution is 6.33. The molecule has 2 rings (SSSR count). The van der Waals surface area contributed by atoms with Gasteiger partial charge >= 0.3 is 0 Å². The summed E-state index contributed by atoms with van der Waals surface area (Å²) in [7, 11) is 0. The molecule has 19 heavy (non-hydrogen) atoms. The van der Waals surface area contributed by atoms with E-state index in [0.29, 0.717) is 30.8 Å². The average Bonchev–Trinajstić information content (AvgIpc) is 2.75. The summed E-state index contributed by atoms with van der Waals surface area (Å²) in [5, 5.41) is 24.2. The fraction of sp³-hybridized carbons (Fsp3) is 0.500. The molecule has 1 fully saturated rings. The number of nitrogens with one attached hydrogen (secondary N) is 1. The van der Waals surface area contributed by atoms with Gasteiger partial charge in [-0.1, -0.05) is 11.6 Å². The summed E-state index contributed by atoms with van der Waals surface area (Å²) in [6.07, 6.45) is 0.559. The lowest BCUT2D eigenvalue weighted by molar-refractivity contribution is -0.384. The van der Waals surface area contributed by atoms with Gasteiger partial charge in [0.1, 0.15) is 5.60 Å². The van der Waals surface area contributed by atoms with Crippen molar-refractivity contribution in [1.29, 1.82) is 0 Å². The maximum atomic E-state index is 10.7. The van der Waals surface area contributed by atoms with Gasteiger partial charge in [0.15, 0.2) is 0 Å². The molecule has 1 atom stereocenters. The highest BCUT2D eigenvalue weighted by Crippen LogP contribution is 2.31. The topological polar surface area (TPSA) is 84.6 Å². The Balaban J connectivity index is 2.14. The van der Waals surface area contributed by atoms with Crippen LogP contribution >= 0.6 is 11.6 Å². The monoisotopic (exact) mass is 286 g/mol. The minimum atomic E-state index is -0.905. The quantitative estimate of drug-likeness (QED) is 0.654. The Labute approximate surface area is 115 Å². The third kappa shape index (κ3) is 3.15. The number of halogens is 1. The first-order valence-corrected chi connectivity index (χ1v) is 6.28. The van der Waals surface area contributed by atoms with Crippen LogP contribution in [0.5, 0.6) is 0 Å². The van der Waals surface area contributed by atoms with Crippen LogP contribution in [-0.2, 0) is 4.74 Å². The molecule has 1 aromatic carbocycles. The van der Waals surface area contributed by atoms with Gasteiger partial charge in [-0.2, -0.15) is 0 Å². The molecule has 2 N–H and O–H groups in total. The Morgan fingerprint density at radius 1 is 1.63 bits per heavy atom. The second-order valence-electron chi connectivity index (χ2n) is 4.76. The van der Waals surface area contributed by atoms with E-state index in [9.17, 15) is 15.2 Å². The molecule has 0 aromatic heterocycles. The minimum absolute atomic E-state index is 0.0454. The third-order valence-electron chi connectivity index (χ3n) is 3.16. The number of aryl methyl sites for hydroxylation is 1. The molecular weight excluding hydrogens is 272 g/mol. The summed E-state index contributed by atoms with van der Waals surface area (Å²) < 4.78 is 5.15. The Hall–Kier alpha value is -1.37. The van der Waals surface area contributed by atoms with Crippen molar-refractivity contribution in [3.63, 3.8) is 0 Å². The SMILES string of the molecule is Cc1cc([N+](=O)[O-])cc(Cl)c1NCC1(O)CCOC1. The maximum absolute atomic E-state index is 10.7. The average molecular weight is 287 g/mol. The van der Waals surface area contributed by atoms with Crippen LogP contribution in [0.25, 0.3) is 0 Å². The normalized spacial score (nSPS) is 22.5. The molecule has 1 unspecified atom stereocenters. The van der Waals surface area contributed by atoms with E-state index >= 15 is 0 Å². The van der Waals surface area contributed by atoms with Crippen molar-refractivity contribution in [3.05, 3.63) is 32.8 Å². The predicted octanol–water partition coefficient (Wildman–Crippen LogP) is 2.12. The third-order valence-corrected chi connectivity index (χ3v) is 3.46. The van der Waals surface area contributed by atoms with Crippen molar-refractivity contribution < 1.29 is 14.8 Å². The Kier molecular flexibility index (Phi) is 3.93. The fourth-order valence-electron chi connectivity index (χ4n) is 2.04. The van der Waals surface area contributed by atoms with Crippen molar-refractivity contribution >= 4 is 23.0 Å². The summed E-state index contributed by atoms with van der Waals surface area (Å²) >= 11 is 6.03. The number of hydrogen-bond acceptors (Lipinski definition) is 5. The summed E-state index contributed by atoms with van der Waals surface area (Å²) in [4.78, 5) is 10.2. The molecule has 1 saturated heterocycles. The number of nitrogens with zero attached hydrogens (tertiary/aromatic N) is 1. The lowest BCUT2D eigenvalue weighted by Gasteiger charge is -2.22. The first kappa shape index (κ1) is 14.0. The highest BCUT2D eigenvalue weighted by atomic mass is 35.5. The Morgan fingerprint density at radius 2 is 2.37 bits per heavy atom. The van der Waals surface area contributed by atoms with Crippen molar-refractivity contribution in [3.8, 4) is 0 Å². The molecule has 7 heteroatoms. The van der Waals surface area contributed by atoms with Crippen LogP contribution in [0, 0.1) is 17.0 Å². The van der Waals surface area contributed by atoms with Gasteiger partial charge in [0.2, 0.25) is 0 Å². The van der Waals surface area contributed by atoms with E-state index < -0.39 is 10.5 Å². The molecule has 0 aliphatic carbocycles. The molecular formula is C12H15ClN2O4. The first-order valence-electron chi connectivity index (χ1n) is 5.90. The molecule has 1 aliphatic heterocycles. The van der Waals surface area contributed by atoms with Crippen LogP contribution in [0.3, 0.4) is 0 Å². The second kappa shape index (κ2) is 5.32. The van der Waals surface area contributed by atoms with Crippen LogP contribution in [0.15, 0.2) is 12.1 Å². The largest absolute Gasteiger partial charge is 0.386 e. The van der Waals surface area contributed by atoms with E-state index in [1.165, 1.54) is 12.1 Å². The van der Waals surface area contributed by atoms with Gasteiger partial charge in [0, 0.05) is 31.7 Å². The lowest BCUT2D eigenvalue weighted by atomic mass is 10.0. The number of nitro benzene ring substituents is 1. The number of ether oxygens (including phenoxy) is 1. The van der Waals surface area contributed by atoms with E-state index in [2.05, 4.69) is 5.32 Å². The maximum Gasteiger partial charge on any atom is 0.271 e. The van der Waals surface area contributed by atoms with Gasteiger partial charge in [0.25, 0.3) is 5.69 Å². The standard InChI is InChI=1S/C12H15ClN2O4/c1-8-4-9(15(17)18)5-10(13)11(8)14-6-12(16)2-3-19-7-12/h4-5,14,16H,2-3,6-7H2,1H3. The molecule has 0 radical (unpaired) electrons. The van der Waals surface area contributed by atoms with Gasteiger partial charge in [-0.3, -0.25) is 10.1 Å². The number of aliphatic hydroxyl groups is 1. The summed E-state index contributed by atoms with van der Waals surface area (Å²) in [6, 6.07) is 2.75. The molecule has 1 aliphatic rings. The highest BCUT2D eigenvalue weighted by Gasteiger charge is 2.32. The number of anilines is 1. The zero-order chi connectivity index (χ0) is 14.0. The lowest BCUT2D eigenvalue weighted by Crippen LogP contribution is -2.37. The summed E-state index contributed by atoms with van der Waals surface area (Å²) in [5.41, 5.74) is 0.322. The van der Waals surface area contributed by atoms with Crippen molar-refractivity contribution in [2.75, 3.05) is 25.1 Å². The van der Waals surface area contributed by atoms with Gasteiger partial charge in [-0.05, 0) is 12.5 Å². The van der Waals surface area contributed by atoms with Crippen molar-refractivity contribution in [1.82, 2.24) is 0 Å². The molecule has 1 aromatic rings. The number of hydrogen-bond donors (Lipinski definition) is 2. The van der Waals surface area contributed by atoms with Crippen LogP contribution < -0.4 is 5.32 Å². The van der Waals surface area contributed by atoms with Crippen LogP contribution in [0.2, 0.25) is 5.02 Å². The summed E-state index contributed by atoms with van der Waals surface area (Å²) in [5.74, 6) is 0. The predicted molar refractivity (Wildman–Crippen MR) is 71.7 cm³/mol. The minimum Gasteiger partial charge on any atom is -0.386 e. The van der Waals surface area contributed by atoms with Crippen LogP contribution in [0.1, 0.15) is 12.0 Å². The van der Waals surface area contributed by atoms with E-state index in [4.69, 9.17) is 16.3 Å². The molecule has 0 saturated carbocycles. The molecule has 0 bridgehead atoms. The number of nitro groups is 1. The molecule has 0 amide bonds. The van der Waals surface area contributed by atoms with E-state index in [1.807, 2.05) is 0 Å². The van der Waals surface area contributed by atoms with Crippen LogP contribution in [0.4, 0.5) is 11.4 Å². The summed E-state index contributed by atoms with van der Waals surface area (Å²) in [6.45, 7) is 2.84. The Bertz CT molecular complexity index is 477. The smallest absolute Gasteiger partial charge is 0.271 e. The van der Waals surface area contributed by atoms with E-state index in [-0.39, 0.29) is 17.3 Å². The number of benzene rings is 1. The zero-order valence-corrected chi connectivity index (χ0v) is 11.2. The van der Waals surface area contributed by atoms with Crippen molar-refractivity contribution in [2.45, 2.75) is 18.9 Å². The van der Waals surface area contributed by atoms with Gasteiger partial charge in [-0.15, -0.1) is 0 Å². The van der Waals surface area contributed by atoms with Gasteiger partial charge < -0.3 is 15.2 Å². The second-order valence-corrected chi connectivity index (χ2v) is 5.16. The van der Waals surface area contributed by atoms with E-state index in [0.717, 1.165) is 0 Å². The first-order chi connectivity index (χ1) is 8.91. The molecule has 104 valence electrons. The van der Waals surface area contributed by atoms with Gasteiger partial charge in [0.05, 0.1) is 22.2 Å². The number of rotatable bonds is 4. The molecule has 6 nitrogen and oxygen atoms in total. The van der Waals surface area contributed by atoms with Gasteiger partial charge in [-0.25, -0.2) is 0 Å². The van der Waals surface area contributed by atoms with Crippen molar-refractivity contribution in [2.24, 2.45) is 0 Å². The molecule has 1 heterocycles. The van der Waals surface area contributed by atoms with E-state index in [1.54, 1.807) is 6.92 Å². The molecule has 0 spiro atoms. The number of non-ortho nitro benzene ring substituents is 1.